The Bertz CT molecular complexity index is 1320. The molecule has 3 aromatic carbocycles. The van der Waals surface area contributed by atoms with Gasteiger partial charge in [-0.15, -0.1) is 0 Å². The van der Waals surface area contributed by atoms with Crippen LogP contribution in [0.3, 0.4) is 0 Å². The van der Waals surface area contributed by atoms with E-state index in [0.29, 0.717) is 22.8 Å². The van der Waals surface area contributed by atoms with Crippen molar-refractivity contribution >= 4 is 46.4 Å². The lowest BCUT2D eigenvalue weighted by Crippen LogP contribution is -2.32. The van der Waals surface area contributed by atoms with E-state index in [9.17, 15) is 14.4 Å². The second kappa shape index (κ2) is 9.29. The number of nitrogens with zero attached hydrogens (tertiary/aromatic N) is 1. The molecule has 0 atom stereocenters. The molecule has 34 heavy (non-hydrogen) atoms. The van der Waals surface area contributed by atoms with E-state index < -0.39 is 17.8 Å². The number of aryl methyl sites for hydroxylation is 1. The minimum absolute atomic E-state index is 0.0646. The SMILES string of the molecule is COc1ccc(N2C(=O)C(Cl)=C(Nc3ccc(C(=O)Oc4ccc(C)cc4N)cc3)C2=O)cc1. The van der Waals surface area contributed by atoms with Crippen molar-refractivity contribution in [1.82, 2.24) is 0 Å². The molecule has 172 valence electrons. The average Bonchev–Trinajstić information content (AvgIpc) is 3.04. The molecule has 9 heteroatoms. The van der Waals surface area contributed by atoms with Gasteiger partial charge in [0, 0.05) is 5.69 Å². The van der Waals surface area contributed by atoms with Crippen LogP contribution in [0.5, 0.6) is 11.5 Å². The highest BCUT2D eigenvalue weighted by atomic mass is 35.5. The molecule has 0 unspecified atom stereocenters. The Kier molecular flexibility index (Phi) is 6.25. The predicted molar refractivity (Wildman–Crippen MR) is 129 cm³/mol. The molecule has 1 aliphatic heterocycles. The number of anilines is 3. The third-order valence-corrected chi connectivity index (χ3v) is 5.47. The highest BCUT2D eigenvalue weighted by Crippen LogP contribution is 2.31. The molecular weight excluding hydrogens is 458 g/mol. The molecule has 3 aromatic rings. The average molecular weight is 478 g/mol. The van der Waals surface area contributed by atoms with Gasteiger partial charge in [0.2, 0.25) is 0 Å². The van der Waals surface area contributed by atoms with Crippen LogP contribution in [0.4, 0.5) is 17.1 Å². The van der Waals surface area contributed by atoms with Crippen LogP contribution in [0.1, 0.15) is 15.9 Å². The van der Waals surface area contributed by atoms with Crippen molar-refractivity contribution in [2.75, 3.05) is 23.1 Å². The van der Waals surface area contributed by atoms with Gasteiger partial charge < -0.3 is 20.5 Å². The number of nitrogens with one attached hydrogen (secondary N) is 1. The first-order chi connectivity index (χ1) is 16.3. The predicted octanol–water partition coefficient (Wildman–Crippen LogP) is 4.24. The Morgan fingerprint density at radius 1 is 0.971 bits per heavy atom. The number of imide groups is 1. The number of amides is 2. The molecule has 0 radical (unpaired) electrons. The molecular formula is C25H20ClN3O5. The third-order valence-electron chi connectivity index (χ3n) is 5.12. The quantitative estimate of drug-likeness (QED) is 0.236. The summed E-state index contributed by atoms with van der Waals surface area (Å²) in [5.74, 6) is -0.974. The Morgan fingerprint density at radius 2 is 1.65 bits per heavy atom. The van der Waals surface area contributed by atoms with Gasteiger partial charge in [0.1, 0.15) is 16.5 Å². The summed E-state index contributed by atoms with van der Waals surface area (Å²) in [4.78, 5) is 38.9. The number of carbonyl (C=O) groups is 3. The van der Waals surface area contributed by atoms with Gasteiger partial charge in [0.15, 0.2) is 5.75 Å². The van der Waals surface area contributed by atoms with Gasteiger partial charge in [-0.2, -0.15) is 0 Å². The first kappa shape index (κ1) is 22.9. The molecule has 8 nitrogen and oxygen atoms in total. The first-order valence-corrected chi connectivity index (χ1v) is 10.5. The molecule has 0 aromatic heterocycles. The second-order valence-electron chi connectivity index (χ2n) is 7.47. The minimum atomic E-state index is -0.643. The summed E-state index contributed by atoms with van der Waals surface area (Å²) in [6.07, 6.45) is 0. The van der Waals surface area contributed by atoms with E-state index in [1.54, 1.807) is 54.6 Å². The lowest BCUT2D eigenvalue weighted by molar-refractivity contribution is -0.120. The number of hydrogen-bond donors (Lipinski definition) is 2. The van der Waals surface area contributed by atoms with Crippen molar-refractivity contribution in [2.45, 2.75) is 6.92 Å². The topological polar surface area (TPSA) is 111 Å². The molecule has 0 bridgehead atoms. The molecule has 0 saturated carbocycles. The summed E-state index contributed by atoms with van der Waals surface area (Å²) in [5, 5.41) is 2.63. The van der Waals surface area contributed by atoms with Crippen LogP contribution < -0.4 is 25.4 Å². The van der Waals surface area contributed by atoms with Crippen molar-refractivity contribution in [3.05, 3.63) is 88.6 Å². The van der Waals surface area contributed by atoms with E-state index in [2.05, 4.69) is 5.32 Å². The van der Waals surface area contributed by atoms with Gasteiger partial charge >= 0.3 is 5.97 Å². The smallest absolute Gasteiger partial charge is 0.343 e. The largest absolute Gasteiger partial charge is 0.497 e. The lowest BCUT2D eigenvalue weighted by Gasteiger charge is -2.15. The summed E-state index contributed by atoms with van der Waals surface area (Å²) in [6, 6.07) is 17.8. The molecule has 1 aliphatic rings. The van der Waals surface area contributed by atoms with Crippen LogP contribution in [-0.2, 0) is 9.59 Å². The Balaban J connectivity index is 1.47. The summed E-state index contributed by atoms with van der Waals surface area (Å²) in [7, 11) is 1.52. The van der Waals surface area contributed by atoms with Gasteiger partial charge in [-0.3, -0.25) is 9.59 Å². The number of benzene rings is 3. The van der Waals surface area contributed by atoms with Gasteiger partial charge in [-0.05, 0) is 73.2 Å². The Labute approximate surface area is 200 Å². The van der Waals surface area contributed by atoms with E-state index in [1.807, 2.05) is 6.92 Å². The Morgan fingerprint density at radius 3 is 2.26 bits per heavy atom. The maximum absolute atomic E-state index is 12.9. The van der Waals surface area contributed by atoms with Gasteiger partial charge in [-0.1, -0.05) is 17.7 Å². The van der Waals surface area contributed by atoms with Crippen molar-refractivity contribution in [2.24, 2.45) is 0 Å². The second-order valence-corrected chi connectivity index (χ2v) is 7.84. The van der Waals surface area contributed by atoms with Crippen LogP contribution in [0.15, 0.2) is 77.5 Å². The van der Waals surface area contributed by atoms with Gasteiger partial charge in [-0.25, -0.2) is 9.69 Å². The Hall–Kier alpha value is -4.30. The van der Waals surface area contributed by atoms with Crippen molar-refractivity contribution in [3.63, 3.8) is 0 Å². The zero-order chi connectivity index (χ0) is 24.4. The number of nitrogen functional groups attached to an aromatic ring is 1. The first-order valence-electron chi connectivity index (χ1n) is 10.2. The molecule has 4 rings (SSSR count). The number of methoxy groups -OCH3 is 1. The maximum atomic E-state index is 12.9. The zero-order valence-electron chi connectivity index (χ0n) is 18.3. The van der Waals surface area contributed by atoms with Crippen molar-refractivity contribution in [1.29, 1.82) is 0 Å². The van der Waals surface area contributed by atoms with Gasteiger partial charge in [0.25, 0.3) is 11.8 Å². The molecule has 1 heterocycles. The van der Waals surface area contributed by atoms with Crippen molar-refractivity contribution in [3.8, 4) is 11.5 Å². The molecule has 2 amide bonds. The van der Waals surface area contributed by atoms with Crippen LogP contribution in [0.25, 0.3) is 0 Å². The summed E-state index contributed by atoms with van der Waals surface area (Å²) in [5.41, 5.74) is 8.23. The van der Waals surface area contributed by atoms with E-state index in [0.717, 1.165) is 10.5 Å². The van der Waals surface area contributed by atoms with E-state index in [-0.39, 0.29) is 22.0 Å². The molecule has 0 aliphatic carbocycles. The normalized spacial score (nSPS) is 13.3. The lowest BCUT2D eigenvalue weighted by atomic mass is 10.2. The number of esters is 1. The number of ether oxygens (including phenoxy) is 2. The molecule has 0 saturated heterocycles. The number of rotatable bonds is 6. The van der Waals surface area contributed by atoms with E-state index in [1.165, 1.54) is 19.2 Å². The van der Waals surface area contributed by atoms with Crippen LogP contribution >= 0.6 is 11.6 Å². The number of hydrogen-bond acceptors (Lipinski definition) is 7. The third kappa shape index (κ3) is 4.44. The summed E-state index contributed by atoms with van der Waals surface area (Å²) < 4.78 is 10.5. The zero-order valence-corrected chi connectivity index (χ0v) is 19.1. The molecule has 3 N–H and O–H groups in total. The summed E-state index contributed by atoms with van der Waals surface area (Å²) >= 11 is 6.17. The molecule has 0 fully saturated rings. The number of nitrogens with two attached hydrogens (primary N) is 1. The van der Waals surface area contributed by atoms with E-state index in [4.69, 9.17) is 26.8 Å². The van der Waals surface area contributed by atoms with Crippen molar-refractivity contribution < 1.29 is 23.9 Å². The minimum Gasteiger partial charge on any atom is -0.497 e. The number of halogens is 1. The van der Waals surface area contributed by atoms with Gasteiger partial charge in [0.05, 0.1) is 24.0 Å². The van der Waals surface area contributed by atoms with E-state index >= 15 is 0 Å². The highest BCUT2D eigenvalue weighted by molar-refractivity contribution is 6.53. The monoisotopic (exact) mass is 477 g/mol. The molecule has 0 spiro atoms. The summed E-state index contributed by atoms with van der Waals surface area (Å²) in [6.45, 7) is 1.88. The van der Waals surface area contributed by atoms with Crippen LogP contribution in [0.2, 0.25) is 0 Å². The highest BCUT2D eigenvalue weighted by Gasteiger charge is 2.39. The fourth-order valence-corrected chi connectivity index (χ4v) is 3.54. The van der Waals surface area contributed by atoms with Crippen LogP contribution in [-0.4, -0.2) is 24.9 Å². The number of carbonyl (C=O) groups excluding carboxylic acids is 3. The fourth-order valence-electron chi connectivity index (χ4n) is 3.33. The maximum Gasteiger partial charge on any atom is 0.343 e. The van der Waals surface area contributed by atoms with Crippen LogP contribution in [0, 0.1) is 6.92 Å². The fraction of sp³-hybridized carbons (Fsp3) is 0.0800. The standard InChI is InChI=1S/C25H20ClN3O5/c1-14-3-12-20(19(27)13-14)34-25(32)15-4-6-16(7-5-15)28-22-21(26)23(30)29(24(22)31)17-8-10-18(33-2)11-9-17/h3-13,28H,27H2,1-2H3.